The molecule has 2 atom stereocenters. The number of guanidine groups is 1. The molecule has 12 heteroatoms. The van der Waals surface area contributed by atoms with E-state index in [1.54, 1.807) is 12.1 Å². The Labute approximate surface area is 211 Å². The number of hydrogen-bond donors (Lipinski definition) is 5. The van der Waals surface area contributed by atoms with Crippen molar-refractivity contribution in [3.8, 4) is 5.75 Å². The summed E-state index contributed by atoms with van der Waals surface area (Å²) in [5, 5.41) is 20.9. The number of nitrogens with zero attached hydrogens (tertiary/aromatic N) is 1. The molecule has 0 aliphatic carbocycles. The SMILES string of the molecule is O=CC[C@@H](NC(=O)CNC(=O)c1cc(O)cc(NC2=NCC(F)CN2)c1)c1cc(Br)cc(Br)c1. The summed E-state index contributed by atoms with van der Waals surface area (Å²) in [6.07, 6.45) is -0.303. The molecule has 2 aromatic rings. The van der Waals surface area contributed by atoms with Crippen LogP contribution in [-0.4, -0.2) is 55.0 Å². The molecule has 180 valence electrons. The first kappa shape index (κ1) is 25.6. The maximum absolute atomic E-state index is 13.2. The molecule has 1 unspecified atom stereocenters. The number of aliphatic imine (C=N–C) groups is 1. The molecule has 5 N–H and O–H groups in total. The van der Waals surface area contributed by atoms with Gasteiger partial charge in [-0.1, -0.05) is 31.9 Å². The van der Waals surface area contributed by atoms with E-state index in [1.165, 1.54) is 18.2 Å². The van der Waals surface area contributed by atoms with Gasteiger partial charge in [-0.25, -0.2) is 9.38 Å². The van der Waals surface area contributed by atoms with Crippen molar-refractivity contribution in [1.29, 1.82) is 0 Å². The van der Waals surface area contributed by atoms with Crippen LogP contribution in [0.4, 0.5) is 10.1 Å². The van der Waals surface area contributed by atoms with E-state index in [0.717, 1.165) is 14.5 Å². The number of carbonyl (C=O) groups excluding carboxylic acids is 3. The molecule has 0 fully saturated rings. The number of anilines is 1. The molecule has 34 heavy (non-hydrogen) atoms. The van der Waals surface area contributed by atoms with Crippen LogP contribution in [-0.2, 0) is 9.59 Å². The predicted octanol–water partition coefficient (Wildman–Crippen LogP) is 2.80. The minimum Gasteiger partial charge on any atom is -0.508 e. The number of carbonyl (C=O) groups is 3. The molecule has 0 saturated heterocycles. The molecule has 0 bridgehead atoms. The van der Waals surface area contributed by atoms with E-state index in [1.807, 2.05) is 6.07 Å². The van der Waals surface area contributed by atoms with Gasteiger partial charge in [0.25, 0.3) is 5.91 Å². The van der Waals surface area contributed by atoms with Gasteiger partial charge in [0.2, 0.25) is 5.91 Å². The highest BCUT2D eigenvalue weighted by Gasteiger charge is 2.18. The van der Waals surface area contributed by atoms with Gasteiger partial charge in [-0.05, 0) is 35.9 Å². The molecular formula is C22H22Br2FN5O4. The van der Waals surface area contributed by atoms with Crippen molar-refractivity contribution < 1.29 is 23.9 Å². The number of alkyl halides is 1. The van der Waals surface area contributed by atoms with Gasteiger partial charge in [-0.2, -0.15) is 0 Å². The Morgan fingerprint density at radius 2 is 1.94 bits per heavy atom. The van der Waals surface area contributed by atoms with Crippen LogP contribution in [0, 0.1) is 0 Å². The Kier molecular flexibility index (Phi) is 8.99. The highest BCUT2D eigenvalue weighted by molar-refractivity contribution is 9.11. The third-order valence-corrected chi connectivity index (χ3v) is 5.66. The van der Waals surface area contributed by atoms with Crippen LogP contribution < -0.4 is 21.3 Å². The van der Waals surface area contributed by atoms with E-state index in [2.05, 4.69) is 58.1 Å². The number of halogens is 3. The van der Waals surface area contributed by atoms with Crippen LogP contribution in [0.15, 0.2) is 50.3 Å². The van der Waals surface area contributed by atoms with E-state index >= 15 is 0 Å². The van der Waals surface area contributed by atoms with Crippen molar-refractivity contribution in [1.82, 2.24) is 16.0 Å². The second-order valence-electron chi connectivity index (χ2n) is 7.47. The average molecular weight is 599 g/mol. The predicted molar refractivity (Wildman–Crippen MR) is 133 cm³/mol. The summed E-state index contributed by atoms with van der Waals surface area (Å²) >= 11 is 6.76. The Morgan fingerprint density at radius 3 is 2.59 bits per heavy atom. The van der Waals surface area contributed by atoms with Crippen LogP contribution in [0.5, 0.6) is 5.75 Å². The molecule has 1 heterocycles. The summed E-state index contributed by atoms with van der Waals surface area (Å²) in [6, 6.07) is 8.94. The number of hydrogen-bond acceptors (Lipinski definition) is 7. The molecular weight excluding hydrogens is 577 g/mol. The van der Waals surface area contributed by atoms with Gasteiger partial charge in [-0.3, -0.25) is 9.59 Å². The van der Waals surface area contributed by atoms with E-state index in [-0.39, 0.29) is 37.4 Å². The molecule has 9 nitrogen and oxygen atoms in total. The zero-order valence-electron chi connectivity index (χ0n) is 17.8. The minimum absolute atomic E-state index is 0.0125. The second kappa shape index (κ2) is 11.9. The summed E-state index contributed by atoms with van der Waals surface area (Å²) in [4.78, 5) is 40.1. The number of rotatable bonds is 8. The van der Waals surface area contributed by atoms with E-state index in [9.17, 15) is 23.9 Å². The number of amides is 2. The smallest absolute Gasteiger partial charge is 0.251 e. The van der Waals surface area contributed by atoms with E-state index in [4.69, 9.17) is 0 Å². The van der Waals surface area contributed by atoms with Gasteiger partial charge in [0.1, 0.15) is 18.2 Å². The lowest BCUT2D eigenvalue weighted by Crippen LogP contribution is -2.41. The fourth-order valence-corrected chi connectivity index (χ4v) is 4.54. The van der Waals surface area contributed by atoms with Gasteiger partial charge >= 0.3 is 0 Å². The van der Waals surface area contributed by atoms with Gasteiger partial charge in [0.05, 0.1) is 25.7 Å². The van der Waals surface area contributed by atoms with Crippen LogP contribution in [0.1, 0.15) is 28.4 Å². The van der Waals surface area contributed by atoms with Gasteiger partial charge in [-0.15, -0.1) is 0 Å². The summed E-state index contributed by atoms with van der Waals surface area (Å²) in [5.41, 5.74) is 1.19. The first-order chi connectivity index (χ1) is 16.2. The minimum atomic E-state index is -1.07. The number of aromatic hydroxyl groups is 1. The van der Waals surface area contributed by atoms with Crippen molar-refractivity contribution in [3.63, 3.8) is 0 Å². The third kappa shape index (κ3) is 7.52. The fourth-order valence-electron chi connectivity index (χ4n) is 3.21. The normalized spacial score (nSPS) is 16.0. The maximum atomic E-state index is 13.2. The second-order valence-corrected chi connectivity index (χ2v) is 9.30. The number of nitrogens with one attached hydrogen (secondary N) is 4. The van der Waals surface area contributed by atoms with E-state index in [0.29, 0.717) is 17.9 Å². The number of phenolic OH excluding ortho intramolecular Hbond substituents is 1. The number of aldehydes is 1. The highest BCUT2D eigenvalue weighted by atomic mass is 79.9. The van der Waals surface area contributed by atoms with Crippen molar-refractivity contribution in [3.05, 3.63) is 56.5 Å². The molecule has 0 saturated carbocycles. The summed E-state index contributed by atoms with van der Waals surface area (Å²) in [7, 11) is 0. The number of phenols is 1. The summed E-state index contributed by atoms with van der Waals surface area (Å²) < 4.78 is 14.7. The van der Waals surface area contributed by atoms with Crippen molar-refractivity contribution in [2.75, 3.05) is 25.0 Å². The third-order valence-electron chi connectivity index (χ3n) is 4.75. The van der Waals surface area contributed by atoms with Crippen LogP contribution in [0.2, 0.25) is 0 Å². The monoisotopic (exact) mass is 597 g/mol. The largest absolute Gasteiger partial charge is 0.508 e. The van der Waals surface area contributed by atoms with Gasteiger partial charge < -0.3 is 31.2 Å². The summed E-state index contributed by atoms with van der Waals surface area (Å²) in [6.45, 7) is -0.221. The van der Waals surface area contributed by atoms with Crippen molar-refractivity contribution in [2.24, 2.45) is 4.99 Å². The zero-order chi connectivity index (χ0) is 24.7. The molecule has 2 aromatic carbocycles. The molecule has 0 spiro atoms. The summed E-state index contributed by atoms with van der Waals surface area (Å²) in [5.74, 6) is -0.929. The van der Waals surface area contributed by atoms with Gasteiger partial charge in [0.15, 0.2) is 5.96 Å². The molecule has 1 aliphatic rings. The van der Waals surface area contributed by atoms with Crippen LogP contribution in [0.25, 0.3) is 0 Å². The lowest BCUT2D eigenvalue weighted by atomic mass is 10.0. The molecule has 0 aromatic heterocycles. The Bertz CT molecular complexity index is 1090. The van der Waals surface area contributed by atoms with Gasteiger partial charge in [0, 0.05) is 32.7 Å². The first-order valence-electron chi connectivity index (χ1n) is 10.2. The standard InChI is InChI=1S/C22H22Br2FN5O4/c23-14-3-12(4-15(24)7-14)19(1-2-31)30-20(33)11-26-21(34)13-5-17(8-18(32)6-13)29-22-27-9-16(25)10-28-22/h2-8,16,19,32H,1,9-11H2,(H,26,34)(H,30,33)(H2,27,28,29)/t19-/m1/s1. The van der Waals surface area contributed by atoms with Crippen LogP contribution >= 0.6 is 31.9 Å². The Hall–Kier alpha value is -2.99. The molecule has 0 radical (unpaired) electrons. The fraction of sp³-hybridized carbons (Fsp3) is 0.273. The average Bonchev–Trinajstić information content (AvgIpc) is 2.77. The van der Waals surface area contributed by atoms with Crippen LogP contribution in [0.3, 0.4) is 0 Å². The van der Waals surface area contributed by atoms with Crippen molar-refractivity contribution >= 4 is 61.6 Å². The Balaban J connectivity index is 1.61. The first-order valence-corrected chi connectivity index (χ1v) is 11.8. The van der Waals surface area contributed by atoms with E-state index < -0.39 is 24.0 Å². The molecule has 2 amide bonds. The highest BCUT2D eigenvalue weighted by Crippen LogP contribution is 2.25. The quantitative estimate of drug-likeness (QED) is 0.297. The van der Waals surface area contributed by atoms with Crippen molar-refractivity contribution in [2.45, 2.75) is 18.6 Å². The lowest BCUT2D eigenvalue weighted by Gasteiger charge is -2.19. The zero-order valence-corrected chi connectivity index (χ0v) is 20.9. The number of benzene rings is 2. The molecule has 3 rings (SSSR count). The lowest BCUT2D eigenvalue weighted by molar-refractivity contribution is -0.121. The topological polar surface area (TPSA) is 132 Å². The Morgan fingerprint density at radius 1 is 1.21 bits per heavy atom. The maximum Gasteiger partial charge on any atom is 0.251 e. The molecule has 1 aliphatic heterocycles.